The summed E-state index contributed by atoms with van der Waals surface area (Å²) in [7, 11) is 2.62. The van der Waals surface area contributed by atoms with Gasteiger partial charge < -0.3 is 0 Å². The Bertz CT molecular complexity index is 347. The molecular formula is C7H10F2N4O. The second-order valence-corrected chi connectivity index (χ2v) is 2.78. The van der Waals surface area contributed by atoms with Crippen molar-refractivity contribution in [3.63, 3.8) is 0 Å². The van der Waals surface area contributed by atoms with E-state index in [4.69, 9.17) is 5.84 Å². The second kappa shape index (κ2) is 3.70. The fourth-order valence-electron chi connectivity index (χ4n) is 1.06. The summed E-state index contributed by atoms with van der Waals surface area (Å²) in [4.78, 5) is 11.3. The number of carbonyl (C=O) groups is 1. The third kappa shape index (κ3) is 1.72. The molecule has 0 aliphatic rings. The average molecular weight is 204 g/mol. The fraction of sp³-hybridized carbons (Fsp3) is 0.429. The van der Waals surface area contributed by atoms with E-state index in [0.717, 1.165) is 15.9 Å². The van der Waals surface area contributed by atoms with Crippen molar-refractivity contribution in [1.29, 1.82) is 0 Å². The zero-order chi connectivity index (χ0) is 10.9. The predicted octanol–water partition coefficient (Wildman–Crippen LogP) is 0.303. The van der Waals surface area contributed by atoms with E-state index in [1.807, 2.05) is 0 Å². The number of rotatable bonds is 2. The van der Waals surface area contributed by atoms with Gasteiger partial charge in [0.25, 0.3) is 12.3 Å². The van der Waals surface area contributed by atoms with Gasteiger partial charge in [0, 0.05) is 14.1 Å². The maximum Gasteiger partial charge on any atom is 0.280 e. The molecule has 7 heteroatoms. The van der Waals surface area contributed by atoms with Crippen LogP contribution in [-0.4, -0.2) is 27.7 Å². The van der Waals surface area contributed by atoms with Gasteiger partial charge in [0.05, 0.1) is 11.8 Å². The van der Waals surface area contributed by atoms with Gasteiger partial charge in [-0.15, -0.1) is 0 Å². The number of alkyl halides is 2. The zero-order valence-electron chi connectivity index (χ0n) is 7.74. The van der Waals surface area contributed by atoms with E-state index in [1.165, 1.54) is 14.1 Å². The fourth-order valence-corrected chi connectivity index (χ4v) is 1.06. The third-order valence-corrected chi connectivity index (χ3v) is 1.74. The van der Waals surface area contributed by atoms with Crippen LogP contribution in [0.25, 0.3) is 0 Å². The van der Waals surface area contributed by atoms with Crippen LogP contribution in [-0.2, 0) is 7.05 Å². The molecule has 0 radical (unpaired) electrons. The Kier molecular flexibility index (Phi) is 2.80. The van der Waals surface area contributed by atoms with Crippen LogP contribution in [0.3, 0.4) is 0 Å². The molecule has 1 rings (SSSR count). The van der Waals surface area contributed by atoms with Crippen molar-refractivity contribution in [3.8, 4) is 0 Å². The lowest BCUT2D eigenvalue weighted by Crippen LogP contribution is -2.33. The standard InChI is InChI=1S/C7H10F2N4O/c1-12(10)7(14)4-3-11-13(2)5(4)6(8)9/h3,6H,10H2,1-2H3. The molecule has 0 aromatic carbocycles. The van der Waals surface area contributed by atoms with Crippen LogP contribution < -0.4 is 5.84 Å². The molecule has 0 spiro atoms. The molecule has 0 saturated heterocycles. The van der Waals surface area contributed by atoms with Gasteiger partial charge in [0.1, 0.15) is 5.69 Å². The molecule has 0 fully saturated rings. The average Bonchev–Trinajstić information content (AvgIpc) is 2.45. The maximum absolute atomic E-state index is 12.5. The number of nitrogens with two attached hydrogens (primary N) is 1. The topological polar surface area (TPSA) is 64.2 Å². The second-order valence-electron chi connectivity index (χ2n) is 2.78. The van der Waals surface area contributed by atoms with Gasteiger partial charge in [-0.05, 0) is 0 Å². The molecule has 0 aliphatic carbocycles. The van der Waals surface area contributed by atoms with E-state index in [9.17, 15) is 13.6 Å². The van der Waals surface area contributed by atoms with E-state index < -0.39 is 18.0 Å². The molecular weight excluding hydrogens is 194 g/mol. The molecule has 1 aromatic heterocycles. The maximum atomic E-state index is 12.5. The monoisotopic (exact) mass is 204 g/mol. The summed E-state index contributed by atoms with van der Waals surface area (Å²) < 4.78 is 25.9. The van der Waals surface area contributed by atoms with Gasteiger partial charge in [-0.1, -0.05) is 0 Å². The summed E-state index contributed by atoms with van der Waals surface area (Å²) in [6.07, 6.45) is -1.67. The number of hydrogen-bond donors (Lipinski definition) is 1. The van der Waals surface area contributed by atoms with Crippen molar-refractivity contribution >= 4 is 5.91 Å². The van der Waals surface area contributed by atoms with Gasteiger partial charge in [-0.2, -0.15) is 5.10 Å². The lowest BCUT2D eigenvalue weighted by atomic mass is 10.2. The molecule has 1 aromatic rings. The first-order chi connectivity index (χ1) is 6.45. The van der Waals surface area contributed by atoms with Crippen LogP contribution in [0, 0.1) is 0 Å². The summed E-state index contributed by atoms with van der Waals surface area (Å²) in [6, 6.07) is 0. The molecule has 0 saturated carbocycles. The van der Waals surface area contributed by atoms with Crippen LogP contribution >= 0.6 is 0 Å². The van der Waals surface area contributed by atoms with Gasteiger partial charge >= 0.3 is 0 Å². The molecule has 78 valence electrons. The minimum atomic E-state index is -2.75. The number of nitrogens with zero attached hydrogens (tertiary/aromatic N) is 3. The van der Waals surface area contributed by atoms with E-state index in [0.29, 0.717) is 0 Å². The SMILES string of the molecule is CN(N)C(=O)c1cnn(C)c1C(F)F. The highest BCUT2D eigenvalue weighted by molar-refractivity contribution is 5.94. The molecule has 0 aliphatic heterocycles. The minimum Gasteiger partial charge on any atom is -0.280 e. The highest BCUT2D eigenvalue weighted by atomic mass is 19.3. The van der Waals surface area contributed by atoms with E-state index in [-0.39, 0.29) is 5.56 Å². The van der Waals surface area contributed by atoms with Crippen LogP contribution in [0.4, 0.5) is 8.78 Å². The van der Waals surface area contributed by atoms with Crippen LogP contribution in [0.2, 0.25) is 0 Å². The Morgan fingerprint density at radius 1 is 1.71 bits per heavy atom. The number of amides is 1. The Balaban J connectivity index is 3.15. The van der Waals surface area contributed by atoms with E-state index in [2.05, 4.69) is 5.10 Å². The summed E-state index contributed by atoms with van der Waals surface area (Å²) in [6.45, 7) is 0. The zero-order valence-corrected chi connectivity index (χ0v) is 7.74. The largest absolute Gasteiger partial charge is 0.280 e. The van der Waals surface area contributed by atoms with Gasteiger partial charge in [-0.3, -0.25) is 14.5 Å². The Morgan fingerprint density at radius 2 is 2.29 bits per heavy atom. The Hall–Kier alpha value is -1.50. The number of carbonyl (C=O) groups excluding carboxylic acids is 1. The number of hydrogen-bond acceptors (Lipinski definition) is 3. The van der Waals surface area contributed by atoms with Gasteiger partial charge in [0.15, 0.2) is 0 Å². The Labute approximate surface area is 79.1 Å². The van der Waals surface area contributed by atoms with Gasteiger partial charge in [0.2, 0.25) is 0 Å². The quantitative estimate of drug-likeness (QED) is 0.428. The van der Waals surface area contributed by atoms with Crippen LogP contribution in [0.15, 0.2) is 6.20 Å². The molecule has 5 nitrogen and oxygen atoms in total. The molecule has 0 atom stereocenters. The molecule has 0 bridgehead atoms. The molecule has 1 amide bonds. The first-order valence-corrected chi connectivity index (χ1v) is 3.78. The molecule has 0 unspecified atom stereocenters. The first-order valence-electron chi connectivity index (χ1n) is 3.78. The van der Waals surface area contributed by atoms with Crippen LogP contribution in [0.5, 0.6) is 0 Å². The lowest BCUT2D eigenvalue weighted by molar-refractivity contribution is 0.0780. The van der Waals surface area contributed by atoms with Crippen molar-refractivity contribution in [2.45, 2.75) is 6.43 Å². The summed E-state index contributed by atoms with van der Waals surface area (Å²) >= 11 is 0. The van der Waals surface area contributed by atoms with Crippen molar-refractivity contribution < 1.29 is 13.6 Å². The van der Waals surface area contributed by atoms with Crippen molar-refractivity contribution in [1.82, 2.24) is 14.8 Å². The summed E-state index contributed by atoms with van der Waals surface area (Å²) in [5.74, 6) is 4.46. The highest BCUT2D eigenvalue weighted by Gasteiger charge is 2.24. The van der Waals surface area contributed by atoms with E-state index in [1.54, 1.807) is 0 Å². The smallest absolute Gasteiger partial charge is 0.280 e. The number of aromatic nitrogens is 2. The van der Waals surface area contributed by atoms with Crippen molar-refractivity contribution in [2.75, 3.05) is 7.05 Å². The van der Waals surface area contributed by atoms with Gasteiger partial charge in [-0.25, -0.2) is 14.6 Å². The summed E-state index contributed by atoms with van der Waals surface area (Å²) in [5, 5.41) is 4.31. The predicted molar refractivity (Wildman–Crippen MR) is 44.4 cm³/mol. The molecule has 2 N–H and O–H groups in total. The normalized spacial score (nSPS) is 10.7. The number of aryl methyl sites for hydroxylation is 1. The van der Waals surface area contributed by atoms with Crippen LogP contribution in [0.1, 0.15) is 22.5 Å². The van der Waals surface area contributed by atoms with E-state index >= 15 is 0 Å². The third-order valence-electron chi connectivity index (χ3n) is 1.74. The number of halogens is 2. The molecule has 14 heavy (non-hydrogen) atoms. The lowest BCUT2D eigenvalue weighted by Gasteiger charge is -2.10. The summed E-state index contributed by atoms with van der Waals surface area (Å²) in [5.41, 5.74) is -0.597. The number of hydrazine groups is 1. The van der Waals surface area contributed by atoms with Crippen molar-refractivity contribution in [2.24, 2.45) is 12.9 Å². The minimum absolute atomic E-state index is 0.174. The van der Waals surface area contributed by atoms with Crippen molar-refractivity contribution in [3.05, 3.63) is 17.5 Å². The highest BCUT2D eigenvalue weighted by Crippen LogP contribution is 2.22. The molecule has 1 heterocycles. The Morgan fingerprint density at radius 3 is 2.71 bits per heavy atom. The first kappa shape index (κ1) is 10.6.